The average molecular weight is 454 g/mol. The van der Waals surface area contributed by atoms with Crippen LogP contribution < -0.4 is 15.0 Å². The zero-order valence-electron chi connectivity index (χ0n) is 19.2. The number of aromatic nitrogens is 1. The van der Waals surface area contributed by atoms with Crippen LogP contribution in [0.5, 0.6) is 5.75 Å². The van der Waals surface area contributed by atoms with Gasteiger partial charge in [0.15, 0.2) is 6.61 Å². The number of carbonyl (C=O) groups excluding carboxylic acids is 1. The Morgan fingerprint density at radius 3 is 2.53 bits per heavy atom. The number of ether oxygens (including phenoxy) is 2. The van der Waals surface area contributed by atoms with Crippen LogP contribution in [0.15, 0.2) is 78.9 Å². The van der Waals surface area contributed by atoms with Crippen LogP contribution in [0.3, 0.4) is 0 Å². The maximum atomic E-state index is 12.5. The van der Waals surface area contributed by atoms with Crippen LogP contribution in [-0.2, 0) is 9.53 Å². The topological polar surface area (TPSA) is 63.7 Å². The van der Waals surface area contributed by atoms with Gasteiger partial charge in [-0.15, -0.1) is 0 Å². The van der Waals surface area contributed by atoms with Crippen LogP contribution in [0.25, 0.3) is 22.2 Å². The molecular weight excluding hydrogens is 426 g/mol. The van der Waals surface area contributed by atoms with E-state index in [9.17, 15) is 4.79 Å². The fraction of sp³-hybridized carbons (Fsp3) is 0.214. The van der Waals surface area contributed by atoms with Gasteiger partial charge in [0.05, 0.1) is 24.4 Å². The third kappa shape index (κ3) is 5.02. The Hall–Kier alpha value is -3.90. The lowest BCUT2D eigenvalue weighted by molar-refractivity contribution is -0.118. The highest BCUT2D eigenvalue weighted by molar-refractivity contribution is 5.99. The van der Waals surface area contributed by atoms with E-state index in [1.807, 2.05) is 48.5 Å². The Morgan fingerprint density at radius 1 is 1.00 bits per heavy atom. The first-order chi connectivity index (χ1) is 16.7. The number of rotatable bonds is 6. The molecule has 1 N–H and O–H groups in total. The quantitative estimate of drug-likeness (QED) is 0.442. The van der Waals surface area contributed by atoms with Crippen LogP contribution in [0.1, 0.15) is 5.56 Å². The molecule has 172 valence electrons. The second-order valence-electron chi connectivity index (χ2n) is 8.37. The SMILES string of the molecule is Cc1ccc(-c2cc(N3CCOCC3)c3cc(NC(=O)COc4ccccc4)ccc3n2)cc1. The van der Waals surface area contributed by atoms with Gasteiger partial charge in [0, 0.05) is 35.4 Å². The van der Waals surface area contributed by atoms with E-state index < -0.39 is 0 Å². The summed E-state index contributed by atoms with van der Waals surface area (Å²) in [5.74, 6) is 0.457. The number of carbonyl (C=O) groups is 1. The first kappa shape index (κ1) is 21.9. The molecule has 0 aliphatic carbocycles. The number of morpholine rings is 1. The van der Waals surface area contributed by atoms with E-state index >= 15 is 0 Å². The molecule has 0 unspecified atom stereocenters. The number of para-hydroxylation sites is 1. The summed E-state index contributed by atoms with van der Waals surface area (Å²) < 4.78 is 11.1. The molecule has 0 atom stereocenters. The molecule has 3 aromatic carbocycles. The van der Waals surface area contributed by atoms with E-state index in [1.165, 1.54) is 5.56 Å². The van der Waals surface area contributed by atoms with Gasteiger partial charge in [0.2, 0.25) is 0 Å². The maximum Gasteiger partial charge on any atom is 0.262 e. The summed E-state index contributed by atoms with van der Waals surface area (Å²) in [4.78, 5) is 19.8. The normalized spacial score (nSPS) is 13.6. The predicted molar refractivity (Wildman–Crippen MR) is 136 cm³/mol. The second kappa shape index (κ2) is 9.93. The Labute approximate surface area is 199 Å². The molecule has 0 spiro atoms. The molecule has 1 fully saturated rings. The van der Waals surface area contributed by atoms with Crippen molar-refractivity contribution in [1.29, 1.82) is 0 Å². The molecule has 34 heavy (non-hydrogen) atoms. The van der Waals surface area contributed by atoms with Crippen LogP contribution in [0.2, 0.25) is 0 Å². The van der Waals surface area contributed by atoms with Crippen molar-refractivity contribution in [3.63, 3.8) is 0 Å². The number of hydrogen-bond donors (Lipinski definition) is 1. The number of anilines is 2. The summed E-state index contributed by atoms with van der Waals surface area (Å²) in [5.41, 5.74) is 5.93. The lowest BCUT2D eigenvalue weighted by Crippen LogP contribution is -2.36. The van der Waals surface area contributed by atoms with Crippen LogP contribution in [0, 0.1) is 6.92 Å². The van der Waals surface area contributed by atoms with Crippen molar-refractivity contribution in [3.05, 3.63) is 84.4 Å². The number of nitrogens with one attached hydrogen (secondary N) is 1. The zero-order chi connectivity index (χ0) is 23.3. The molecule has 1 aliphatic heterocycles. The Bertz CT molecular complexity index is 1280. The Kier molecular flexibility index (Phi) is 6.40. The van der Waals surface area contributed by atoms with Crippen molar-refractivity contribution in [3.8, 4) is 17.0 Å². The first-order valence-corrected chi connectivity index (χ1v) is 11.5. The number of nitrogens with zero attached hydrogens (tertiary/aromatic N) is 2. The third-order valence-corrected chi connectivity index (χ3v) is 5.88. The monoisotopic (exact) mass is 453 g/mol. The molecule has 2 heterocycles. The molecule has 1 amide bonds. The van der Waals surface area contributed by atoms with Crippen LogP contribution in [-0.4, -0.2) is 43.8 Å². The van der Waals surface area contributed by atoms with Crippen molar-refractivity contribution in [2.75, 3.05) is 43.1 Å². The van der Waals surface area contributed by atoms with Crippen molar-refractivity contribution < 1.29 is 14.3 Å². The van der Waals surface area contributed by atoms with Gasteiger partial charge in [-0.1, -0.05) is 48.0 Å². The van der Waals surface area contributed by atoms with Crippen molar-refractivity contribution in [2.45, 2.75) is 6.92 Å². The Balaban J connectivity index is 1.44. The van der Waals surface area contributed by atoms with Crippen molar-refractivity contribution in [2.24, 2.45) is 0 Å². The molecule has 0 saturated carbocycles. The Morgan fingerprint density at radius 2 is 1.76 bits per heavy atom. The first-order valence-electron chi connectivity index (χ1n) is 11.5. The number of amides is 1. The lowest BCUT2D eigenvalue weighted by atomic mass is 10.0. The molecular formula is C28H27N3O3. The summed E-state index contributed by atoms with van der Waals surface area (Å²) >= 11 is 0. The van der Waals surface area contributed by atoms with E-state index in [-0.39, 0.29) is 12.5 Å². The molecule has 6 heteroatoms. The van der Waals surface area contributed by atoms with Crippen molar-refractivity contribution in [1.82, 2.24) is 4.98 Å². The fourth-order valence-electron chi connectivity index (χ4n) is 4.09. The second-order valence-corrected chi connectivity index (χ2v) is 8.37. The summed E-state index contributed by atoms with van der Waals surface area (Å²) in [6.45, 7) is 5.04. The summed E-state index contributed by atoms with van der Waals surface area (Å²) in [6.07, 6.45) is 0. The average Bonchev–Trinajstić information content (AvgIpc) is 2.88. The summed E-state index contributed by atoms with van der Waals surface area (Å²) in [5, 5.41) is 3.95. The minimum Gasteiger partial charge on any atom is -0.484 e. The smallest absolute Gasteiger partial charge is 0.262 e. The molecule has 5 rings (SSSR count). The maximum absolute atomic E-state index is 12.5. The van der Waals surface area contributed by atoms with E-state index in [2.05, 4.69) is 47.5 Å². The van der Waals surface area contributed by atoms with E-state index in [0.717, 1.165) is 40.9 Å². The standard InChI is InChI=1S/C28H27N3O3/c1-20-7-9-21(10-8-20)26-18-27(31-13-15-33-16-14-31)24-17-22(11-12-25(24)30-26)29-28(32)19-34-23-5-3-2-4-6-23/h2-12,17-18H,13-16,19H2,1H3,(H,29,32). The molecule has 4 aromatic rings. The van der Waals surface area contributed by atoms with Gasteiger partial charge in [0.1, 0.15) is 5.75 Å². The van der Waals surface area contributed by atoms with E-state index in [0.29, 0.717) is 24.7 Å². The predicted octanol–water partition coefficient (Wildman–Crippen LogP) is 5.06. The van der Waals surface area contributed by atoms with Gasteiger partial charge in [-0.25, -0.2) is 4.98 Å². The minimum absolute atomic E-state index is 0.0526. The summed E-state index contributed by atoms with van der Waals surface area (Å²) in [6, 6.07) is 25.7. The van der Waals surface area contributed by atoms with E-state index in [1.54, 1.807) is 0 Å². The van der Waals surface area contributed by atoms with E-state index in [4.69, 9.17) is 14.5 Å². The number of fused-ring (bicyclic) bond motifs is 1. The van der Waals surface area contributed by atoms with Gasteiger partial charge >= 0.3 is 0 Å². The van der Waals surface area contributed by atoms with Crippen LogP contribution in [0.4, 0.5) is 11.4 Å². The number of hydrogen-bond acceptors (Lipinski definition) is 5. The van der Waals surface area contributed by atoms with Crippen LogP contribution >= 0.6 is 0 Å². The molecule has 1 aromatic heterocycles. The van der Waals surface area contributed by atoms with Gasteiger partial charge in [-0.2, -0.15) is 0 Å². The van der Waals surface area contributed by atoms with Crippen molar-refractivity contribution >= 4 is 28.2 Å². The molecule has 0 bridgehead atoms. The highest BCUT2D eigenvalue weighted by Crippen LogP contribution is 2.33. The molecule has 0 radical (unpaired) electrons. The summed E-state index contributed by atoms with van der Waals surface area (Å²) in [7, 11) is 0. The van der Waals surface area contributed by atoms with Gasteiger partial charge in [-0.05, 0) is 43.3 Å². The number of pyridine rings is 1. The van der Waals surface area contributed by atoms with Gasteiger partial charge in [-0.3, -0.25) is 4.79 Å². The molecule has 6 nitrogen and oxygen atoms in total. The van der Waals surface area contributed by atoms with Gasteiger partial charge < -0.3 is 19.7 Å². The minimum atomic E-state index is -0.208. The number of benzene rings is 3. The largest absolute Gasteiger partial charge is 0.484 e. The zero-order valence-corrected chi connectivity index (χ0v) is 19.2. The lowest BCUT2D eigenvalue weighted by Gasteiger charge is -2.30. The number of aryl methyl sites for hydroxylation is 1. The highest BCUT2D eigenvalue weighted by Gasteiger charge is 2.17. The third-order valence-electron chi connectivity index (χ3n) is 5.88. The fourth-order valence-corrected chi connectivity index (χ4v) is 4.09. The highest BCUT2D eigenvalue weighted by atomic mass is 16.5. The molecule has 1 aliphatic rings. The molecule has 1 saturated heterocycles. The van der Waals surface area contributed by atoms with Gasteiger partial charge in [0.25, 0.3) is 5.91 Å².